The van der Waals surface area contributed by atoms with E-state index >= 15 is 0 Å². The van der Waals surface area contributed by atoms with E-state index in [-0.39, 0.29) is 13.3 Å². The van der Waals surface area contributed by atoms with Gasteiger partial charge < -0.3 is 4.74 Å². The summed E-state index contributed by atoms with van der Waals surface area (Å²) in [6, 6.07) is 0. The van der Waals surface area contributed by atoms with Gasteiger partial charge >= 0.3 is 5.97 Å². The van der Waals surface area contributed by atoms with Crippen molar-refractivity contribution in [2.24, 2.45) is 5.92 Å². The average molecular weight is 150 g/mol. The smallest absolute Gasteiger partial charge is 0.310 e. The number of carbonyl (C=O) groups is 1. The first-order valence-electron chi connectivity index (χ1n) is 2.95. The van der Waals surface area contributed by atoms with Crippen molar-refractivity contribution >= 4 is 5.97 Å². The van der Waals surface area contributed by atoms with Crippen molar-refractivity contribution in [1.29, 1.82) is 0 Å². The quantitative estimate of drug-likeness (QED) is 0.576. The highest BCUT2D eigenvalue weighted by Crippen LogP contribution is 2.02. The second-order valence-corrected chi connectivity index (χ2v) is 1.88. The van der Waals surface area contributed by atoms with Crippen molar-refractivity contribution in [1.82, 2.24) is 0 Å². The first-order valence-corrected chi connectivity index (χ1v) is 2.95. The normalized spacial score (nSPS) is 11.5. The van der Waals surface area contributed by atoms with E-state index in [2.05, 4.69) is 4.74 Å². The Morgan fingerprint density at radius 3 is 2.50 bits per heavy atom. The molecule has 3 heteroatoms. The lowest BCUT2D eigenvalue weighted by Gasteiger charge is -2.04. The summed E-state index contributed by atoms with van der Waals surface area (Å²) in [4.78, 5) is 10.5. The fourth-order valence-electron chi connectivity index (χ4n) is 0.363. The van der Waals surface area contributed by atoms with Gasteiger partial charge in [-0.15, -0.1) is 0 Å². The van der Waals surface area contributed by atoms with Crippen LogP contribution in [0.15, 0.2) is 0 Å². The van der Waals surface area contributed by atoms with Crippen LogP contribution in [0.3, 0.4) is 0 Å². The third-order valence-electron chi connectivity index (χ3n) is 1.21. The molecule has 0 saturated heterocycles. The lowest BCUT2D eigenvalue weighted by Crippen LogP contribution is -2.12. The zero-order chi connectivity index (χ0) is 7.28. The number of ether oxygens (including phenoxy) is 1. The van der Waals surface area contributed by atoms with Crippen LogP contribution >= 0.6 is 0 Å². The standard InChI is InChI=1S/C6H11FO2.CH4/c1-3-5(2)6(8)9-4-7;/h5H,3-4H2,1-2H3;1H4. The molecule has 0 N–H and O–H groups in total. The largest absolute Gasteiger partial charge is 0.434 e. The Labute approximate surface area is 61.4 Å². The topological polar surface area (TPSA) is 26.3 Å². The van der Waals surface area contributed by atoms with E-state index in [1.54, 1.807) is 6.92 Å². The third-order valence-corrected chi connectivity index (χ3v) is 1.21. The number of esters is 1. The van der Waals surface area contributed by atoms with E-state index < -0.39 is 12.8 Å². The van der Waals surface area contributed by atoms with E-state index in [0.29, 0.717) is 6.42 Å². The van der Waals surface area contributed by atoms with Gasteiger partial charge in [0, 0.05) is 0 Å². The van der Waals surface area contributed by atoms with Gasteiger partial charge in [-0.05, 0) is 6.42 Å². The monoisotopic (exact) mass is 150 g/mol. The molecule has 0 rings (SSSR count). The minimum absolute atomic E-state index is 0. The molecule has 0 aliphatic carbocycles. The molecule has 1 atom stereocenters. The second kappa shape index (κ2) is 6.52. The van der Waals surface area contributed by atoms with Crippen molar-refractivity contribution in [3.8, 4) is 0 Å². The highest BCUT2D eigenvalue weighted by molar-refractivity contribution is 5.71. The van der Waals surface area contributed by atoms with E-state index in [0.717, 1.165) is 0 Å². The molecule has 0 aliphatic heterocycles. The molecule has 0 bridgehead atoms. The summed E-state index contributed by atoms with van der Waals surface area (Å²) in [6.07, 6.45) is 0.693. The zero-order valence-electron chi connectivity index (χ0n) is 5.69. The van der Waals surface area contributed by atoms with Gasteiger partial charge in [0.05, 0.1) is 5.92 Å². The Hall–Kier alpha value is -0.600. The van der Waals surface area contributed by atoms with Crippen LogP contribution in [-0.4, -0.2) is 12.8 Å². The van der Waals surface area contributed by atoms with Gasteiger partial charge in [0.1, 0.15) is 0 Å². The molecular weight excluding hydrogens is 135 g/mol. The Kier molecular flexibility index (Phi) is 7.90. The summed E-state index contributed by atoms with van der Waals surface area (Å²) < 4.78 is 15.4. The van der Waals surface area contributed by atoms with Gasteiger partial charge in [-0.3, -0.25) is 4.79 Å². The van der Waals surface area contributed by atoms with E-state index in [1.807, 2.05) is 6.92 Å². The van der Waals surface area contributed by atoms with Gasteiger partial charge in [0.15, 0.2) is 0 Å². The molecule has 0 radical (unpaired) electrons. The molecule has 1 unspecified atom stereocenters. The Bertz CT molecular complexity index is 93.6. The number of carbonyl (C=O) groups excluding carboxylic acids is 1. The summed E-state index contributed by atoms with van der Waals surface area (Å²) in [5, 5.41) is 0. The number of rotatable bonds is 3. The number of hydrogen-bond donors (Lipinski definition) is 0. The maximum absolute atomic E-state index is 11.3. The average Bonchev–Trinajstić information content (AvgIpc) is 1.87. The maximum atomic E-state index is 11.3. The molecule has 62 valence electrons. The summed E-state index contributed by atoms with van der Waals surface area (Å²) in [5.41, 5.74) is 0. The molecule has 10 heavy (non-hydrogen) atoms. The third kappa shape index (κ3) is 4.30. The minimum atomic E-state index is -1.01. The molecule has 0 spiro atoms. The zero-order valence-corrected chi connectivity index (χ0v) is 5.69. The summed E-state index contributed by atoms with van der Waals surface area (Å²) in [7, 11) is 0. The van der Waals surface area contributed by atoms with Crippen LogP contribution in [0.25, 0.3) is 0 Å². The molecule has 0 aromatic heterocycles. The van der Waals surface area contributed by atoms with Crippen LogP contribution in [0, 0.1) is 5.92 Å². The SMILES string of the molecule is C.CCC(C)C(=O)OCF. The maximum Gasteiger partial charge on any atom is 0.310 e. The van der Waals surface area contributed by atoms with Crippen LogP contribution in [0.5, 0.6) is 0 Å². The minimum Gasteiger partial charge on any atom is -0.434 e. The van der Waals surface area contributed by atoms with E-state index in [9.17, 15) is 9.18 Å². The predicted molar refractivity (Wildman–Crippen MR) is 38.3 cm³/mol. The molecule has 0 amide bonds. The highest BCUT2D eigenvalue weighted by atomic mass is 19.1. The molecule has 0 saturated carbocycles. The van der Waals surface area contributed by atoms with Crippen molar-refractivity contribution < 1.29 is 13.9 Å². The first kappa shape index (κ1) is 12.1. The number of hydrogen-bond acceptors (Lipinski definition) is 2. The van der Waals surface area contributed by atoms with Gasteiger partial charge in [-0.25, -0.2) is 4.39 Å². The molecule has 0 aliphatic rings. The van der Waals surface area contributed by atoms with Gasteiger partial charge in [0.25, 0.3) is 0 Å². The van der Waals surface area contributed by atoms with Crippen molar-refractivity contribution in [2.45, 2.75) is 27.7 Å². The van der Waals surface area contributed by atoms with Gasteiger partial charge in [-0.1, -0.05) is 21.3 Å². The molecule has 0 aromatic rings. The van der Waals surface area contributed by atoms with Crippen LogP contribution in [-0.2, 0) is 9.53 Å². The highest BCUT2D eigenvalue weighted by Gasteiger charge is 2.10. The molecule has 0 fully saturated rings. The number of halogens is 1. The fourth-order valence-corrected chi connectivity index (χ4v) is 0.363. The summed E-state index contributed by atoms with van der Waals surface area (Å²) in [5.74, 6) is -0.638. The van der Waals surface area contributed by atoms with Crippen molar-refractivity contribution in [3.63, 3.8) is 0 Å². The molecule has 0 aromatic carbocycles. The predicted octanol–water partition coefficient (Wildman–Crippen LogP) is 2.14. The van der Waals surface area contributed by atoms with Gasteiger partial charge in [0.2, 0.25) is 6.86 Å². The first-order chi connectivity index (χ1) is 4.22. The van der Waals surface area contributed by atoms with Crippen molar-refractivity contribution in [3.05, 3.63) is 0 Å². The number of alkyl halides is 1. The molecule has 0 heterocycles. The van der Waals surface area contributed by atoms with Crippen molar-refractivity contribution in [2.75, 3.05) is 6.86 Å². The van der Waals surface area contributed by atoms with Gasteiger partial charge in [-0.2, -0.15) is 0 Å². The summed E-state index contributed by atoms with van der Waals surface area (Å²) in [6.45, 7) is 2.55. The van der Waals surface area contributed by atoms with Crippen LogP contribution in [0.2, 0.25) is 0 Å². The van der Waals surface area contributed by atoms with E-state index in [4.69, 9.17) is 0 Å². The Balaban J connectivity index is 0. The molecular formula is C7H15FO2. The van der Waals surface area contributed by atoms with Crippen LogP contribution in [0.4, 0.5) is 4.39 Å². The Morgan fingerprint density at radius 1 is 1.70 bits per heavy atom. The lowest BCUT2D eigenvalue weighted by molar-refractivity contribution is -0.152. The van der Waals surface area contributed by atoms with E-state index in [1.165, 1.54) is 0 Å². The fraction of sp³-hybridized carbons (Fsp3) is 0.857. The molecule has 2 nitrogen and oxygen atoms in total. The van der Waals surface area contributed by atoms with Crippen LogP contribution in [0.1, 0.15) is 27.7 Å². The lowest BCUT2D eigenvalue weighted by atomic mass is 10.1. The summed E-state index contributed by atoms with van der Waals surface area (Å²) >= 11 is 0. The Morgan fingerprint density at radius 2 is 2.20 bits per heavy atom. The second-order valence-electron chi connectivity index (χ2n) is 1.88. The van der Waals surface area contributed by atoms with Crippen LogP contribution < -0.4 is 0 Å².